The third-order valence-electron chi connectivity index (χ3n) is 4.82. The Morgan fingerprint density at radius 3 is 2.62 bits per heavy atom. The molecule has 0 aliphatic heterocycles. The molecule has 146 valence electrons. The number of amides is 1. The summed E-state index contributed by atoms with van der Waals surface area (Å²) in [4.78, 5) is 12.2. The monoisotopic (exact) mass is 386 g/mol. The molecule has 0 unspecified atom stereocenters. The summed E-state index contributed by atoms with van der Waals surface area (Å²) in [5.41, 5.74) is 2.05. The minimum absolute atomic E-state index is 0.0240. The van der Waals surface area contributed by atoms with E-state index in [2.05, 4.69) is 15.5 Å². The first-order valence-corrected chi connectivity index (χ1v) is 9.65. The van der Waals surface area contributed by atoms with Crippen molar-refractivity contribution in [3.63, 3.8) is 0 Å². The maximum absolute atomic E-state index is 12.2. The van der Waals surface area contributed by atoms with Crippen LogP contribution >= 0.6 is 0 Å². The number of fused-ring (bicyclic) bond motifs is 2. The van der Waals surface area contributed by atoms with Crippen molar-refractivity contribution in [1.82, 2.24) is 4.57 Å². The first-order valence-electron chi connectivity index (χ1n) is 9.65. The summed E-state index contributed by atoms with van der Waals surface area (Å²) in [6.45, 7) is 2.73. The number of rotatable bonds is 6. The van der Waals surface area contributed by atoms with E-state index in [0.29, 0.717) is 12.2 Å². The summed E-state index contributed by atoms with van der Waals surface area (Å²) in [5.74, 6) is -0.378. The average Bonchev–Trinajstić information content (AvgIpc) is 3.02. The van der Waals surface area contributed by atoms with Crippen LogP contribution in [-0.4, -0.2) is 22.1 Å². The van der Waals surface area contributed by atoms with Crippen LogP contribution in [-0.2, 0) is 11.3 Å². The molecule has 1 amide bonds. The fourth-order valence-corrected chi connectivity index (χ4v) is 3.44. The highest BCUT2D eigenvalue weighted by atomic mass is 16.3. The molecular formula is C23H22N4O2. The van der Waals surface area contributed by atoms with Crippen molar-refractivity contribution in [3.05, 3.63) is 66.7 Å². The molecule has 2 N–H and O–H groups in total. The summed E-state index contributed by atoms with van der Waals surface area (Å²) in [6, 6.07) is 21.5. The van der Waals surface area contributed by atoms with Crippen LogP contribution in [0.1, 0.15) is 13.3 Å². The number of hydrogen-bond acceptors (Lipinski definition) is 4. The molecule has 0 radical (unpaired) electrons. The number of nitrogens with zero attached hydrogens (tertiary/aromatic N) is 3. The SMILES string of the molecule is CCCn1c(O)c(N=NC(=O)CNc2ccc3ccccc3c2)c2ccccc21. The van der Waals surface area contributed by atoms with E-state index < -0.39 is 5.91 Å². The first kappa shape index (κ1) is 18.7. The predicted molar refractivity (Wildman–Crippen MR) is 116 cm³/mol. The Balaban J connectivity index is 1.50. The Morgan fingerprint density at radius 2 is 1.79 bits per heavy atom. The Morgan fingerprint density at radius 1 is 1.03 bits per heavy atom. The van der Waals surface area contributed by atoms with Gasteiger partial charge in [-0.15, -0.1) is 10.2 Å². The summed E-state index contributed by atoms with van der Waals surface area (Å²) < 4.78 is 1.79. The minimum Gasteiger partial charge on any atom is -0.493 e. The third-order valence-corrected chi connectivity index (χ3v) is 4.82. The maximum Gasteiger partial charge on any atom is 0.283 e. The second-order valence-corrected chi connectivity index (χ2v) is 6.85. The maximum atomic E-state index is 12.2. The number of aryl methyl sites for hydroxylation is 1. The highest BCUT2D eigenvalue weighted by Crippen LogP contribution is 2.38. The van der Waals surface area contributed by atoms with Crippen molar-refractivity contribution in [2.24, 2.45) is 10.2 Å². The van der Waals surface area contributed by atoms with Crippen LogP contribution in [0.3, 0.4) is 0 Å². The van der Waals surface area contributed by atoms with Crippen molar-refractivity contribution >= 4 is 39.0 Å². The van der Waals surface area contributed by atoms with E-state index in [0.717, 1.165) is 33.8 Å². The van der Waals surface area contributed by atoms with Crippen LogP contribution in [0.25, 0.3) is 21.7 Å². The van der Waals surface area contributed by atoms with Gasteiger partial charge in [0.15, 0.2) is 5.69 Å². The van der Waals surface area contributed by atoms with Crippen LogP contribution in [0.5, 0.6) is 5.88 Å². The number of carbonyl (C=O) groups is 1. The number of benzene rings is 3. The molecule has 0 fully saturated rings. The Bertz CT molecular complexity index is 1210. The minimum atomic E-state index is -0.412. The van der Waals surface area contributed by atoms with Gasteiger partial charge in [-0.1, -0.05) is 55.5 Å². The number of para-hydroxylation sites is 1. The molecular weight excluding hydrogens is 364 g/mol. The van der Waals surface area contributed by atoms with E-state index in [1.165, 1.54) is 0 Å². The van der Waals surface area contributed by atoms with E-state index in [1.807, 2.05) is 73.7 Å². The number of nitrogens with one attached hydrogen (secondary N) is 1. The molecule has 0 spiro atoms. The average molecular weight is 386 g/mol. The molecule has 3 aromatic carbocycles. The smallest absolute Gasteiger partial charge is 0.283 e. The van der Waals surface area contributed by atoms with E-state index >= 15 is 0 Å². The van der Waals surface area contributed by atoms with Gasteiger partial charge in [-0.2, -0.15) is 0 Å². The van der Waals surface area contributed by atoms with Gasteiger partial charge in [0.2, 0.25) is 5.88 Å². The van der Waals surface area contributed by atoms with E-state index in [4.69, 9.17) is 0 Å². The Labute approximate surface area is 168 Å². The summed E-state index contributed by atoms with van der Waals surface area (Å²) in [5, 5.41) is 24.5. The van der Waals surface area contributed by atoms with E-state index in [1.54, 1.807) is 4.57 Å². The van der Waals surface area contributed by atoms with Crippen molar-refractivity contribution < 1.29 is 9.90 Å². The van der Waals surface area contributed by atoms with E-state index in [-0.39, 0.29) is 12.4 Å². The number of aromatic nitrogens is 1. The summed E-state index contributed by atoms with van der Waals surface area (Å²) in [7, 11) is 0. The van der Waals surface area contributed by atoms with Crippen molar-refractivity contribution in [2.45, 2.75) is 19.9 Å². The number of carbonyl (C=O) groups excluding carboxylic acids is 1. The standard InChI is InChI=1S/C23H22N4O2/c1-2-13-27-20-10-6-5-9-19(20)22(23(27)29)26-25-21(28)15-24-18-12-11-16-7-3-4-8-17(16)14-18/h3-12,14,24,29H,2,13,15H2,1H3. The molecule has 0 atom stereocenters. The van der Waals surface area contributed by atoms with Crippen molar-refractivity contribution in [2.75, 3.05) is 11.9 Å². The van der Waals surface area contributed by atoms with Crippen LogP contribution in [0.2, 0.25) is 0 Å². The lowest BCUT2D eigenvalue weighted by Crippen LogP contribution is -2.10. The fourth-order valence-electron chi connectivity index (χ4n) is 3.44. The van der Waals surface area contributed by atoms with Gasteiger partial charge in [-0.25, -0.2) is 0 Å². The largest absolute Gasteiger partial charge is 0.493 e. The third kappa shape index (κ3) is 3.82. The molecule has 0 saturated carbocycles. The fraction of sp³-hybridized carbons (Fsp3) is 0.174. The zero-order chi connectivity index (χ0) is 20.2. The molecule has 6 heteroatoms. The molecule has 29 heavy (non-hydrogen) atoms. The van der Waals surface area contributed by atoms with Gasteiger partial charge in [-0.05, 0) is 35.4 Å². The normalized spacial score (nSPS) is 11.5. The van der Waals surface area contributed by atoms with Crippen LogP contribution in [0, 0.1) is 0 Å². The lowest BCUT2D eigenvalue weighted by Gasteiger charge is -2.05. The first-order chi connectivity index (χ1) is 14.2. The molecule has 0 bridgehead atoms. The predicted octanol–water partition coefficient (Wildman–Crippen LogP) is 5.63. The number of azo groups is 1. The lowest BCUT2D eigenvalue weighted by atomic mass is 10.1. The molecule has 1 aromatic heterocycles. The van der Waals surface area contributed by atoms with Gasteiger partial charge < -0.3 is 15.0 Å². The second kappa shape index (κ2) is 8.14. The van der Waals surface area contributed by atoms with Crippen LogP contribution < -0.4 is 5.32 Å². The Hall–Kier alpha value is -3.67. The van der Waals surface area contributed by atoms with Gasteiger partial charge in [0.05, 0.1) is 12.1 Å². The Kier molecular flexibility index (Phi) is 5.24. The molecule has 4 aromatic rings. The highest BCUT2D eigenvalue weighted by molar-refractivity contribution is 5.95. The zero-order valence-electron chi connectivity index (χ0n) is 16.2. The molecule has 6 nitrogen and oxygen atoms in total. The van der Waals surface area contributed by atoms with Gasteiger partial charge in [0, 0.05) is 17.6 Å². The summed E-state index contributed by atoms with van der Waals surface area (Å²) in [6.07, 6.45) is 0.872. The van der Waals surface area contributed by atoms with Gasteiger partial charge in [0.25, 0.3) is 5.91 Å². The van der Waals surface area contributed by atoms with Crippen molar-refractivity contribution in [1.29, 1.82) is 0 Å². The van der Waals surface area contributed by atoms with Gasteiger partial charge in [-0.3, -0.25) is 4.79 Å². The van der Waals surface area contributed by atoms with E-state index in [9.17, 15) is 9.90 Å². The molecule has 4 rings (SSSR count). The molecule has 0 aliphatic carbocycles. The zero-order valence-corrected chi connectivity index (χ0v) is 16.2. The van der Waals surface area contributed by atoms with Crippen molar-refractivity contribution in [3.8, 4) is 5.88 Å². The second-order valence-electron chi connectivity index (χ2n) is 6.85. The van der Waals surface area contributed by atoms with Gasteiger partial charge >= 0.3 is 0 Å². The quantitative estimate of drug-likeness (QED) is 0.421. The number of aromatic hydroxyl groups is 1. The summed E-state index contributed by atoms with van der Waals surface area (Å²) >= 11 is 0. The highest BCUT2D eigenvalue weighted by Gasteiger charge is 2.16. The number of hydrogen-bond donors (Lipinski definition) is 2. The van der Waals surface area contributed by atoms with Crippen LogP contribution in [0.15, 0.2) is 77.0 Å². The lowest BCUT2D eigenvalue weighted by molar-refractivity contribution is -0.116. The number of anilines is 1. The van der Waals surface area contributed by atoms with Gasteiger partial charge in [0.1, 0.15) is 0 Å². The topological polar surface area (TPSA) is 79.0 Å². The molecule has 0 aliphatic rings. The molecule has 1 heterocycles. The van der Waals surface area contributed by atoms with Crippen LogP contribution in [0.4, 0.5) is 11.4 Å². The molecule has 0 saturated heterocycles.